The summed E-state index contributed by atoms with van der Waals surface area (Å²) in [6.45, 7) is 0. The van der Waals surface area contributed by atoms with Gasteiger partial charge in [0.1, 0.15) is 0 Å². The van der Waals surface area contributed by atoms with E-state index in [0.29, 0.717) is 0 Å². The summed E-state index contributed by atoms with van der Waals surface area (Å²) in [5.74, 6) is 0. The van der Waals surface area contributed by atoms with Crippen molar-refractivity contribution >= 4 is 10.1 Å². The first-order chi connectivity index (χ1) is 5.88. The lowest BCUT2D eigenvalue weighted by Crippen LogP contribution is -2.40. The van der Waals surface area contributed by atoms with Crippen molar-refractivity contribution in [2.75, 3.05) is 0 Å². The molecule has 0 aromatic heterocycles. The van der Waals surface area contributed by atoms with Crippen LogP contribution in [0, 0.1) is 0 Å². The normalized spacial score (nSPS) is 16.8. The van der Waals surface area contributed by atoms with Gasteiger partial charge in [0.2, 0.25) is 0 Å². The van der Waals surface area contributed by atoms with E-state index in [-0.39, 0.29) is 0 Å². The second-order valence-electron chi connectivity index (χ2n) is 2.32. The van der Waals surface area contributed by atoms with Crippen molar-refractivity contribution in [1.29, 1.82) is 0 Å². The van der Waals surface area contributed by atoms with Crippen molar-refractivity contribution in [3.05, 3.63) is 0 Å². The molecule has 10 heteroatoms. The van der Waals surface area contributed by atoms with E-state index in [1.54, 1.807) is 0 Å². The molecule has 0 aromatic rings. The lowest BCUT2D eigenvalue weighted by molar-refractivity contribution is -0.163. The second kappa shape index (κ2) is 3.57. The maximum Gasteiger partial charge on any atom is 0.400 e. The highest BCUT2D eigenvalue weighted by Gasteiger charge is 2.55. The fraction of sp³-hybridized carbons (Fsp3) is 1.00. The average Bonchev–Trinajstić information content (AvgIpc) is 1.80. The summed E-state index contributed by atoms with van der Waals surface area (Å²) < 4.78 is 97.9. The van der Waals surface area contributed by atoms with E-state index in [0.717, 1.165) is 0 Å². The Morgan fingerprint density at radius 2 is 1.50 bits per heavy atom. The second-order valence-corrected chi connectivity index (χ2v) is 3.82. The molecule has 0 amide bonds. The number of hydrogen-bond acceptors (Lipinski definition) is 2. The summed E-state index contributed by atoms with van der Waals surface area (Å²) >= 11 is 0. The van der Waals surface area contributed by atoms with Crippen molar-refractivity contribution in [2.45, 2.75) is 24.0 Å². The summed E-state index contributed by atoms with van der Waals surface area (Å²) in [6.07, 6.45) is -12.0. The minimum absolute atomic E-state index is 2.65. The highest BCUT2D eigenvalue weighted by molar-refractivity contribution is 7.86. The highest BCUT2D eigenvalue weighted by atomic mass is 32.2. The van der Waals surface area contributed by atoms with Gasteiger partial charge in [-0.05, 0) is 0 Å². The fourth-order valence-electron chi connectivity index (χ4n) is 0.484. The third-order valence-corrected chi connectivity index (χ3v) is 2.06. The fourth-order valence-corrected chi connectivity index (χ4v) is 0.890. The molecule has 1 atom stereocenters. The molecule has 0 spiro atoms. The molecule has 0 aliphatic rings. The first-order valence-electron chi connectivity index (χ1n) is 2.93. The van der Waals surface area contributed by atoms with E-state index in [2.05, 4.69) is 0 Å². The van der Waals surface area contributed by atoms with Crippen LogP contribution in [0.3, 0.4) is 0 Å². The molecular formula is C4H4F6O3S. The van der Waals surface area contributed by atoms with Crippen molar-refractivity contribution < 1.29 is 39.3 Å². The van der Waals surface area contributed by atoms with E-state index >= 15 is 0 Å². The number of halogens is 6. The zero-order valence-electron chi connectivity index (χ0n) is 6.22. The van der Waals surface area contributed by atoms with Crippen LogP contribution >= 0.6 is 0 Å². The molecular weight excluding hydrogens is 242 g/mol. The van der Waals surface area contributed by atoms with Gasteiger partial charge in [-0.2, -0.15) is 30.4 Å². The van der Waals surface area contributed by atoms with Gasteiger partial charge in [0.15, 0.2) is 6.17 Å². The molecule has 0 radical (unpaired) electrons. The van der Waals surface area contributed by atoms with Crippen LogP contribution in [0.1, 0.15) is 6.42 Å². The monoisotopic (exact) mass is 246 g/mol. The molecule has 0 aliphatic carbocycles. The van der Waals surface area contributed by atoms with Gasteiger partial charge in [-0.15, -0.1) is 0 Å². The Hall–Kier alpha value is -0.510. The van der Waals surface area contributed by atoms with Crippen LogP contribution in [0.2, 0.25) is 0 Å². The van der Waals surface area contributed by atoms with Gasteiger partial charge in [-0.25, -0.2) is 4.39 Å². The van der Waals surface area contributed by atoms with Gasteiger partial charge in [0.25, 0.3) is 0 Å². The number of hydrogen-bond donors (Lipinski definition) is 1. The van der Waals surface area contributed by atoms with E-state index in [4.69, 9.17) is 4.55 Å². The molecule has 14 heavy (non-hydrogen) atoms. The highest BCUT2D eigenvalue weighted by Crippen LogP contribution is 2.34. The first-order valence-corrected chi connectivity index (χ1v) is 4.37. The minimum Gasteiger partial charge on any atom is -0.281 e. The molecule has 0 aliphatic heterocycles. The predicted octanol–water partition coefficient (Wildman–Crippen LogP) is 1.76. The SMILES string of the molecule is O=S(=O)(O)C(F)(F)C(F)CC(F)(F)F. The van der Waals surface area contributed by atoms with Crippen molar-refractivity contribution in [1.82, 2.24) is 0 Å². The van der Waals surface area contributed by atoms with Crippen molar-refractivity contribution in [3.8, 4) is 0 Å². The van der Waals surface area contributed by atoms with Gasteiger partial charge in [0.05, 0.1) is 6.42 Å². The van der Waals surface area contributed by atoms with Gasteiger partial charge in [0, 0.05) is 0 Å². The van der Waals surface area contributed by atoms with E-state index < -0.39 is 34.1 Å². The maximum atomic E-state index is 12.2. The quantitative estimate of drug-likeness (QED) is 0.609. The van der Waals surface area contributed by atoms with Crippen LogP contribution in [0.5, 0.6) is 0 Å². The molecule has 0 saturated carbocycles. The molecule has 1 unspecified atom stereocenters. The van der Waals surface area contributed by atoms with Crippen molar-refractivity contribution in [3.63, 3.8) is 0 Å². The van der Waals surface area contributed by atoms with Crippen LogP contribution in [-0.4, -0.2) is 30.6 Å². The average molecular weight is 246 g/mol. The Balaban J connectivity index is 4.79. The Morgan fingerprint density at radius 3 is 1.71 bits per heavy atom. The molecule has 1 N–H and O–H groups in total. The Bertz CT molecular complexity index is 293. The smallest absolute Gasteiger partial charge is 0.281 e. The summed E-state index contributed by atoms with van der Waals surface area (Å²) in [6, 6.07) is 0. The van der Waals surface area contributed by atoms with Crippen LogP contribution in [0.25, 0.3) is 0 Å². The lowest BCUT2D eigenvalue weighted by atomic mass is 10.3. The summed E-state index contributed by atoms with van der Waals surface area (Å²) in [5, 5.41) is -5.46. The molecule has 0 heterocycles. The van der Waals surface area contributed by atoms with Crippen LogP contribution in [-0.2, 0) is 10.1 Å². The third kappa shape index (κ3) is 3.33. The summed E-state index contributed by atoms with van der Waals surface area (Å²) in [4.78, 5) is 0. The first kappa shape index (κ1) is 13.5. The van der Waals surface area contributed by atoms with Gasteiger partial charge >= 0.3 is 21.5 Å². The molecule has 0 fully saturated rings. The molecule has 0 bridgehead atoms. The topological polar surface area (TPSA) is 54.4 Å². The predicted molar refractivity (Wildman–Crippen MR) is 32.1 cm³/mol. The summed E-state index contributed by atoms with van der Waals surface area (Å²) in [7, 11) is -6.18. The number of alkyl halides is 6. The van der Waals surface area contributed by atoms with Gasteiger partial charge < -0.3 is 0 Å². The molecule has 86 valence electrons. The third-order valence-electron chi connectivity index (χ3n) is 1.12. The van der Waals surface area contributed by atoms with E-state index in [1.807, 2.05) is 0 Å². The molecule has 3 nitrogen and oxygen atoms in total. The molecule has 0 aromatic carbocycles. The maximum absolute atomic E-state index is 12.2. The molecule has 0 rings (SSSR count). The van der Waals surface area contributed by atoms with E-state index in [1.165, 1.54) is 0 Å². The Labute approximate surface area is 74.5 Å². The van der Waals surface area contributed by atoms with Crippen LogP contribution < -0.4 is 0 Å². The number of rotatable bonds is 3. The van der Waals surface area contributed by atoms with Gasteiger partial charge in [-0.1, -0.05) is 0 Å². The van der Waals surface area contributed by atoms with Crippen LogP contribution in [0.4, 0.5) is 26.3 Å². The standard InChI is InChI=1S/C4H4F6O3S/c5-2(1-3(6,7)8)4(9,10)14(11,12)13/h2H,1H2,(H,11,12,13). The zero-order valence-corrected chi connectivity index (χ0v) is 7.04. The molecule has 0 saturated heterocycles. The van der Waals surface area contributed by atoms with E-state index in [9.17, 15) is 34.8 Å². The summed E-state index contributed by atoms with van der Waals surface area (Å²) in [5.41, 5.74) is 0. The minimum atomic E-state index is -6.18. The van der Waals surface area contributed by atoms with Gasteiger partial charge in [-0.3, -0.25) is 4.55 Å². The Kier molecular flexibility index (Phi) is 3.44. The Morgan fingerprint density at radius 1 is 1.14 bits per heavy atom. The largest absolute Gasteiger partial charge is 0.400 e. The lowest BCUT2D eigenvalue weighted by Gasteiger charge is -2.18. The van der Waals surface area contributed by atoms with Crippen molar-refractivity contribution in [2.24, 2.45) is 0 Å². The van der Waals surface area contributed by atoms with Crippen LogP contribution in [0.15, 0.2) is 0 Å². The zero-order chi connectivity index (χ0) is 11.8.